The molecule has 0 aliphatic rings. The van der Waals surface area contributed by atoms with Crippen molar-refractivity contribution < 1.29 is 9.50 Å². The van der Waals surface area contributed by atoms with Gasteiger partial charge in [-0.15, -0.1) is 23.7 Å². The van der Waals surface area contributed by atoms with Crippen LogP contribution in [0.15, 0.2) is 36.4 Å². The minimum absolute atomic E-state index is 0. The molecule has 0 saturated heterocycles. The average Bonchev–Trinajstić information content (AvgIpc) is 2.64. The zero-order chi connectivity index (χ0) is 11.4. The van der Waals surface area contributed by atoms with Crippen LogP contribution >= 0.6 is 23.7 Å². The molecule has 0 unspecified atom stereocenters. The predicted octanol–water partition coefficient (Wildman–Crippen LogP) is 3.30. The smallest absolute Gasteiger partial charge is 0.176 e. The third-order valence-corrected chi connectivity index (χ3v) is 3.04. The highest BCUT2D eigenvalue weighted by atomic mass is 35.5. The second-order valence-electron chi connectivity index (χ2n) is 3.48. The Kier molecular flexibility index (Phi) is 5.41. The van der Waals surface area contributed by atoms with Gasteiger partial charge in [-0.2, -0.15) is 4.39 Å². The molecule has 1 heterocycles. The maximum atomic E-state index is 12.7. The minimum atomic E-state index is -0.158. The molecule has 0 aliphatic carbocycles. The van der Waals surface area contributed by atoms with Crippen molar-refractivity contribution in [1.29, 1.82) is 0 Å². The predicted molar refractivity (Wildman–Crippen MR) is 70.2 cm³/mol. The molecule has 1 aromatic carbocycles. The lowest BCUT2D eigenvalue weighted by Crippen LogP contribution is -2.11. The lowest BCUT2D eigenvalue weighted by atomic mass is 10.2. The molecule has 0 radical (unpaired) electrons. The van der Waals surface area contributed by atoms with Gasteiger partial charge in [-0.25, -0.2) is 0 Å². The summed E-state index contributed by atoms with van der Waals surface area (Å²) < 4.78 is 12.7. The molecule has 2 aromatic rings. The summed E-state index contributed by atoms with van der Waals surface area (Å²) in [6.45, 7) is 1.30. The Morgan fingerprint density at radius 2 is 2.00 bits per heavy atom. The van der Waals surface area contributed by atoms with E-state index in [1.54, 1.807) is 24.3 Å². The fourth-order valence-electron chi connectivity index (χ4n) is 1.44. The third-order valence-electron chi connectivity index (χ3n) is 2.17. The lowest BCUT2D eigenvalue weighted by molar-refractivity contribution is 0.474. The summed E-state index contributed by atoms with van der Waals surface area (Å²) in [6, 6.07) is 10.3. The Balaban J connectivity index is 0.00000144. The number of aromatic hydroxyl groups is 1. The van der Waals surface area contributed by atoms with Crippen molar-refractivity contribution >= 4 is 23.7 Å². The zero-order valence-electron chi connectivity index (χ0n) is 9.02. The zero-order valence-corrected chi connectivity index (χ0v) is 10.7. The summed E-state index contributed by atoms with van der Waals surface area (Å²) in [5.74, 6) is 0.265. The van der Waals surface area contributed by atoms with E-state index in [9.17, 15) is 9.50 Å². The molecule has 5 heteroatoms. The molecule has 0 aliphatic heterocycles. The van der Waals surface area contributed by atoms with Gasteiger partial charge < -0.3 is 10.4 Å². The molecular weight excluding hydrogens is 261 g/mol. The summed E-state index contributed by atoms with van der Waals surface area (Å²) in [7, 11) is 0. The Labute approximate surface area is 110 Å². The van der Waals surface area contributed by atoms with Crippen molar-refractivity contribution in [2.75, 3.05) is 0 Å². The Bertz CT molecular complexity index is 475. The van der Waals surface area contributed by atoms with Gasteiger partial charge >= 0.3 is 0 Å². The molecule has 17 heavy (non-hydrogen) atoms. The van der Waals surface area contributed by atoms with E-state index in [1.165, 1.54) is 6.07 Å². The van der Waals surface area contributed by atoms with Gasteiger partial charge in [-0.1, -0.05) is 12.1 Å². The van der Waals surface area contributed by atoms with Crippen LogP contribution in [-0.4, -0.2) is 5.11 Å². The maximum Gasteiger partial charge on any atom is 0.176 e. The van der Waals surface area contributed by atoms with Crippen LogP contribution < -0.4 is 5.32 Å². The van der Waals surface area contributed by atoms with E-state index in [0.717, 1.165) is 21.8 Å². The average molecular weight is 274 g/mol. The molecule has 0 spiro atoms. The molecule has 0 bridgehead atoms. The van der Waals surface area contributed by atoms with Crippen molar-refractivity contribution in [1.82, 2.24) is 5.32 Å². The highest BCUT2D eigenvalue weighted by molar-refractivity contribution is 7.10. The largest absolute Gasteiger partial charge is 0.508 e. The standard InChI is InChI=1S/C12H12FNOS.ClH/c13-12-5-4-11(16-12)8-14-7-9-2-1-3-10(15)6-9;/h1-6,14-15H,7-8H2;1H. The van der Waals surface area contributed by atoms with E-state index < -0.39 is 0 Å². The lowest BCUT2D eigenvalue weighted by Gasteiger charge is -2.03. The van der Waals surface area contributed by atoms with Crippen LogP contribution in [-0.2, 0) is 13.1 Å². The molecule has 1 aromatic heterocycles. The minimum Gasteiger partial charge on any atom is -0.508 e. The number of benzene rings is 1. The number of rotatable bonds is 4. The van der Waals surface area contributed by atoms with E-state index in [0.29, 0.717) is 13.1 Å². The van der Waals surface area contributed by atoms with Crippen LogP contribution in [0.3, 0.4) is 0 Å². The van der Waals surface area contributed by atoms with Crippen molar-refractivity contribution in [3.63, 3.8) is 0 Å². The first-order valence-corrected chi connectivity index (χ1v) is 5.78. The summed E-state index contributed by atoms with van der Waals surface area (Å²) in [5, 5.41) is 12.3. The number of hydrogen-bond donors (Lipinski definition) is 2. The van der Waals surface area contributed by atoms with Gasteiger partial charge in [0.25, 0.3) is 0 Å². The van der Waals surface area contributed by atoms with Crippen LogP contribution in [0.5, 0.6) is 5.75 Å². The summed E-state index contributed by atoms with van der Waals surface area (Å²) >= 11 is 1.15. The Morgan fingerprint density at radius 1 is 1.18 bits per heavy atom. The molecule has 0 amide bonds. The SMILES string of the molecule is Cl.Oc1cccc(CNCc2ccc(F)s2)c1. The van der Waals surface area contributed by atoms with Crippen LogP contribution in [0, 0.1) is 5.13 Å². The monoisotopic (exact) mass is 273 g/mol. The quantitative estimate of drug-likeness (QED) is 0.896. The van der Waals surface area contributed by atoms with Crippen LogP contribution in [0.2, 0.25) is 0 Å². The van der Waals surface area contributed by atoms with Gasteiger partial charge in [0, 0.05) is 18.0 Å². The molecule has 2 N–H and O–H groups in total. The van der Waals surface area contributed by atoms with Gasteiger partial charge in [-0.3, -0.25) is 0 Å². The van der Waals surface area contributed by atoms with Gasteiger partial charge in [-0.05, 0) is 29.8 Å². The van der Waals surface area contributed by atoms with Gasteiger partial charge in [0.1, 0.15) is 5.75 Å². The first-order chi connectivity index (χ1) is 7.74. The molecule has 92 valence electrons. The third kappa shape index (κ3) is 4.34. The van der Waals surface area contributed by atoms with E-state index in [2.05, 4.69) is 5.32 Å². The maximum absolute atomic E-state index is 12.7. The van der Waals surface area contributed by atoms with E-state index in [-0.39, 0.29) is 23.3 Å². The molecular formula is C12H13ClFNOS. The number of thiophene rings is 1. The Hall–Kier alpha value is -1.10. The highest BCUT2D eigenvalue weighted by Gasteiger charge is 1.99. The second kappa shape index (κ2) is 6.59. The van der Waals surface area contributed by atoms with Crippen LogP contribution in [0.25, 0.3) is 0 Å². The number of phenolic OH excluding ortho intramolecular Hbond substituents is 1. The van der Waals surface area contributed by atoms with Crippen molar-refractivity contribution in [2.45, 2.75) is 13.1 Å². The molecule has 2 rings (SSSR count). The molecule has 2 nitrogen and oxygen atoms in total. The normalized spacial score (nSPS) is 9.94. The second-order valence-corrected chi connectivity index (χ2v) is 4.60. The summed E-state index contributed by atoms with van der Waals surface area (Å²) in [6.07, 6.45) is 0. The number of nitrogens with one attached hydrogen (secondary N) is 1. The first kappa shape index (κ1) is 14.0. The topological polar surface area (TPSA) is 32.3 Å². The first-order valence-electron chi connectivity index (χ1n) is 4.97. The highest BCUT2D eigenvalue weighted by Crippen LogP contribution is 2.14. The van der Waals surface area contributed by atoms with Crippen LogP contribution in [0.4, 0.5) is 4.39 Å². The van der Waals surface area contributed by atoms with Crippen LogP contribution in [0.1, 0.15) is 10.4 Å². The van der Waals surface area contributed by atoms with Gasteiger partial charge in [0.05, 0.1) is 0 Å². The number of phenols is 1. The number of hydrogen-bond acceptors (Lipinski definition) is 3. The van der Waals surface area contributed by atoms with E-state index in [1.807, 2.05) is 6.07 Å². The van der Waals surface area contributed by atoms with Crippen molar-refractivity contribution in [2.24, 2.45) is 0 Å². The summed E-state index contributed by atoms with van der Waals surface area (Å²) in [4.78, 5) is 0.970. The van der Waals surface area contributed by atoms with E-state index in [4.69, 9.17) is 0 Å². The van der Waals surface area contributed by atoms with Crippen molar-refractivity contribution in [3.8, 4) is 5.75 Å². The molecule has 0 fully saturated rings. The Morgan fingerprint density at radius 3 is 2.65 bits per heavy atom. The number of halogens is 2. The van der Waals surface area contributed by atoms with E-state index >= 15 is 0 Å². The molecule has 0 saturated carbocycles. The fraction of sp³-hybridized carbons (Fsp3) is 0.167. The fourth-order valence-corrected chi connectivity index (χ4v) is 2.14. The van der Waals surface area contributed by atoms with Gasteiger partial charge in [0.2, 0.25) is 0 Å². The molecule has 0 atom stereocenters. The van der Waals surface area contributed by atoms with Crippen molar-refractivity contribution in [3.05, 3.63) is 52.0 Å². The van der Waals surface area contributed by atoms with Gasteiger partial charge in [0.15, 0.2) is 5.13 Å². The summed E-state index contributed by atoms with van der Waals surface area (Å²) in [5.41, 5.74) is 1.01.